The van der Waals surface area contributed by atoms with Crippen molar-refractivity contribution in [2.75, 3.05) is 58.5 Å². The van der Waals surface area contributed by atoms with Gasteiger partial charge in [-0.1, -0.05) is 196 Å². The van der Waals surface area contributed by atoms with Gasteiger partial charge in [-0.25, -0.2) is 0 Å². The van der Waals surface area contributed by atoms with Crippen LogP contribution in [0.25, 0.3) is 0 Å². The van der Waals surface area contributed by atoms with Crippen molar-refractivity contribution in [2.24, 2.45) is 0 Å². The Kier molecular flexibility index (Phi) is 33.5. The zero-order chi connectivity index (χ0) is 62.4. The molecule has 2 aliphatic heterocycles. The maximum Gasteiger partial charge on any atom is 0.118 e. The van der Waals surface area contributed by atoms with E-state index in [0.29, 0.717) is 38.2 Å². The van der Waals surface area contributed by atoms with Crippen molar-refractivity contribution < 1.29 is 33.9 Å². The van der Waals surface area contributed by atoms with E-state index in [4.69, 9.17) is 57.1 Å². The van der Waals surface area contributed by atoms with Crippen LogP contribution in [-0.2, 0) is 35.8 Å². The molecule has 7 nitrogen and oxygen atoms in total. The molecule has 2 N–H and O–H groups in total. The largest absolute Gasteiger partial charge is 0.497 e. The molecule has 0 bridgehead atoms. The third kappa shape index (κ3) is 22.5. The molecule has 0 amide bonds. The Balaban J connectivity index is 0.000000187. The first-order valence-electron chi connectivity index (χ1n) is 28.8. The summed E-state index contributed by atoms with van der Waals surface area (Å²) in [6.45, 7) is 2.46. The van der Waals surface area contributed by atoms with Gasteiger partial charge >= 0.3 is 198 Å². The Labute approximate surface area is 557 Å². The van der Waals surface area contributed by atoms with Crippen LogP contribution in [0.1, 0.15) is 40.4 Å². The standard InChI is InChI=1S/C28H26BrO2P.C18H15P.C10H11BrO2.C8H9BrO.C6H6.C2H4Cl2.C2H6O2/c29-32(25-10-4-1-5-11-25,26-12-6-2-7-13-26,27-14-8-3-9-15-27)22-23-16-18-24(19-17-23)28-30-20-21-31-28;1-4-10-16(11-5-1)19(17-12-6-2-7-13-17)18-14-8-3-9-15-18;11-7-8-1-3-9(4-2-8)10-12-5-6-13-10;1-10-8-4-2-7(6-9)3-5-8;1-2-4-6-5-3-1;2*3-1-2-4/h1-19,28H,20-22H2;1-15H;1-4,10H,5-7H2;2-5H,6H2,1H3;1-6H;1-2H2;3-4H,1-2H2. The molecule has 12 rings (SSSR count). The predicted octanol–water partition coefficient (Wildman–Crippen LogP) is 16.9. The third-order valence-corrected chi connectivity index (χ3v) is 27.3. The number of methoxy groups -OCH3 is 1. The average Bonchev–Trinajstić information content (AvgIpc) is 1.25. The summed E-state index contributed by atoms with van der Waals surface area (Å²) in [5.41, 5.74) is 5.97. The van der Waals surface area contributed by atoms with Gasteiger partial charge in [0.05, 0.1) is 33.5 Å². The molecule has 2 heterocycles. The second kappa shape index (κ2) is 41.1. The zero-order valence-corrected chi connectivity index (χ0v) is 57.4. The number of aliphatic hydroxyl groups excluding tert-OH is 2. The Morgan fingerprint density at radius 2 is 0.659 bits per heavy atom. The van der Waals surface area contributed by atoms with Crippen molar-refractivity contribution in [3.8, 4) is 5.75 Å². The van der Waals surface area contributed by atoms with Gasteiger partial charge in [-0.3, -0.25) is 0 Å². The molecule has 0 aromatic heterocycles. The molecule has 0 saturated carbocycles. The van der Waals surface area contributed by atoms with Crippen LogP contribution in [0.4, 0.5) is 0 Å². The zero-order valence-electron chi connectivity index (χ0n) is 49.4. The molecule has 0 aliphatic carbocycles. The van der Waals surface area contributed by atoms with E-state index in [0.717, 1.165) is 33.7 Å². The van der Waals surface area contributed by atoms with E-state index in [1.165, 1.54) is 48.5 Å². The molecule has 0 spiro atoms. The molecule has 10 aromatic rings. The van der Waals surface area contributed by atoms with Gasteiger partial charge in [-0.2, -0.15) is 0 Å². The molecule has 88 heavy (non-hydrogen) atoms. The number of ether oxygens (including phenoxy) is 5. The van der Waals surface area contributed by atoms with Crippen LogP contribution in [0.2, 0.25) is 0 Å². The molecule has 0 radical (unpaired) electrons. The molecule has 10 aromatic carbocycles. The van der Waals surface area contributed by atoms with Gasteiger partial charge < -0.3 is 24.4 Å². The van der Waals surface area contributed by atoms with Crippen molar-refractivity contribution in [1.29, 1.82) is 0 Å². The first-order chi connectivity index (χ1) is 43.2. The van der Waals surface area contributed by atoms with Crippen LogP contribution in [0.15, 0.2) is 291 Å². The summed E-state index contributed by atoms with van der Waals surface area (Å²) >= 11 is 21.4. The number of aliphatic hydroxyl groups is 2. The fourth-order valence-corrected chi connectivity index (χ4v) is 20.0. The molecule has 2 fully saturated rings. The molecule has 0 atom stereocenters. The first kappa shape index (κ1) is 71.7. The maximum absolute atomic E-state index is 7.62. The fourth-order valence-electron chi connectivity index (χ4n) is 9.20. The number of rotatable bonds is 15. The number of benzene rings is 10. The predicted molar refractivity (Wildman–Crippen MR) is 385 cm³/mol. The SMILES string of the molecule is BrCc1ccc(C2OCCO2)cc1.BrP(Cc1ccc(C2OCCO2)cc1)(c1ccccc1)(c1ccccc1)c1ccccc1.COc1ccc(CBr)cc1.ClCCCl.OCCO.c1ccc(P(c2ccccc2)c2ccccc2)cc1.c1ccccc1. The summed E-state index contributed by atoms with van der Waals surface area (Å²) in [7, 11) is 1.22. The molecule has 2 aliphatic rings. The van der Waals surface area contributed by atoms with Crippen LogP contribution in [0, 0.1) is 0 Å². The van der Waals surface area contributed by atoms with Crippen LogP contribution >= 0.6 is 83.8 Å². The molecule has 0 unspecified atom stereocenters. The average molecular weight is 1450 g/mol. The number of alkyl halides is 4. The fraction of sp³-hybridized carbons (Fsp3) is 0.189. The van der Waals surface area contributed by atoms with Crippen molar-refractivity contribution >= 4 is 116 Å². The van der Waals surface area contributed by atoms with E-state index >= 15 is 0 Å². The van der Waals surface area contributed by atoms with Crippen LogP contribution < -0.4 is 36.6 Å². The quantitative estimate of drug-likeness (QED) is 0.0781. The second-order valence-electron chi connectivity index (χ2n) is 19.4. The van der Waals surface area contributed by atoms with E-state index in [1.54, 1.807) is 7.11 Å². The number of hydrogen-bond donors (Lipinski definition) is 2. The molecule has 14 heteroatoms. The second-order valence-corrected chi connectivity index (χ2v) is 32.4. The van der Waals surface area contributed by atoms with Crippen molar-refractivity contribution in [2.45, 2.75) is 29.4 Å². The molecule has 460 valence electrons. The van der Waals surface area contributed by atoms with Crippen molar-refractivity contribution in [1.82, 2.24) is 0 Å². The topological polar surface area (TPSA) is 86.6 Å². The van der Waals surface area contributed by atoms with Gasteiger partial charge in [0.2, 0.25) is 0 Å². The number of hydrogen-bond acceptors (Lipinski definition) is 7. The Hall–Kier alpha value is -5.36. The Bertz CT molecular complexity index is 3100. The van der Waals surface area contributed by atoms with Gasteiger partial charge in [0.25, 0.3) is 0 Å². The summed E-state index contributed by atoms with van der Waals surface area (Å²) < 4.78 is 27.1. The van der Waals surface area contributed by atoms with Crippen LogP contribution in [-0.4, -0.2) is 68.7 Å². The monoisotopic (exact) mass is 1450 g/mol. The van der Waals surface area contributed by atoms with Gasteiger partial charge in [0.15, 0.2) is 6.29 Å². The van der Waals surface area contributed by atoms with E-state index in [1.807, 2.05) is 72.8 Å². The van der Waals surface area contributed by atoms with Crippen molar-refractivity contribution in [3.05, 3.63) is 319 Å². The Morgan fingerprint density at radius 1 is 0.398 bits per heavy atom. The minimum atomic E-state index is -2.98. The van der Waals surface area contributed by atoms with E-state index in [9.17, 15) is 0 Å². The molecular formula is C74H77Br3Cl2O7P2. The van der Waals surface area contributed by atoms with Gasteiger partial charge in [0.1, 0.15) is 5.75 Å². The maximum atomic E-state index is 7.62. The number of halogens is 5. The van der Waals surface area contributed by atoms with Crippen LogP contribution in [0.3, 0.4) is 0 Å². The van der Waals surface area contributed by atoms with Gasteiger partial charge in [-0.15, -0.1) is 23.2 Å². The van der Waals surface area contributed by atoms with Gasteiger partial charge in [0, 0.05) is 28.0 Å². The summed E-state index contributed by atoms with van der Waals surface area (Å²) in [5, 5.41) is 22.2. The summed E-state index contributed by atoms with van der Waals surface area (Å²) in [6.07, 6.45) is 0.473. The first-order valence-corrected chi connectivity index (χ1v) is 37.9. The molecule has 2 saturated heterocycles. The van der Waals surface area contributed by atoms with Crippen LogP contribution in [0.5, 0.6) is 5.75 Å². The van der Waals surface area contributed by atoms with E-state index in [-0.39, 0.29) is 25.8 Å². The van der Waals surface area contributed by atoms with Crippen molar-refractivity contribution in [3.63, 3.8) is 0 Å². The Morgan fingerprint density at radius 3 is 0.920 bits per heavy atom. The normalized spacial score (nSPS) is 13.0. The third-order valence-electron chi connectivity index (χ3n) is 13.5. The smallest absolute Gasteiger partial charge is 0.118 e. The summed E-state index contributed by atoms with van der Waals surface area (Å²) in [5.74, 6) is 2.02. The summed E-state index contributed by atoms with van der Waals surface area (Å²) in [6, 6.07) is 102. The minimum absolute atomic E-state index is 0.125. The molecular weight excluding hydrogens is 1370 g/mol. The minimum Gasteiger partial charge on any atom is -0.497 e. The van der Waals surface area contributed by atoms with E-state index in [2.05, 4.69) is 266 Å². The van der Waals surface area contributed by atoms with Gasteiger partial charge in [-0.05, 0) is 47.1 Å². The summed E-state index contributed by atoms with van der Waals surface area (Å²) in [4.78, 5) is 0. The van der Waals surface area contributed by atoms with E-state index < -0.39 is 13.2 Å².